The van der Waals surface area contributed by atoms with Crippen molar-refractivity contribution in [2.24, 2.45) is 0 Å². The number of carbonyl (C=O) groups excluding carboxylic acids is 1. The van der Waals surface area contributed by atoms with Gasteiger partial charge in [0.2, 0.25) is 5.91 Å². The summed E-state index contributed by atoms with van der Waals surface area (Å²) in [7, 11) is 0. The SMILES string of the molecule is O=C(O)CSCCN1CCCC1=O. The van der Waals surface area contributed by atoms with E-state index in [9.17, 15) is 9.59 Å². The van der Waals surface area contributed by atoms with E-state index in [0.717, 1.165) is 18.7 Å². The number of carbonyl (C=O) groups is 2. The van der Waals surface area contributed by atoms with Crippen LogP contribution in [-0.2, 0) is 9.59 Å². The van der Waals surface area contributed by atoms with Crippen molar-refractivity contribution in [2.75, 3.05) is 24.6 Å². The quantitative estimate of drug-likeness (QED) is 0.658. The van der Waals surface area contributed by atoms with E-state index >= 15 is 0 Å². The van der Waals surface area contributed by atoms with Crippen molar-refractivity contribution in [2.45, 2.75) is 12.8 Å². The van der Waals surface area contributed by atoms with Gasteiger partial charge < -0.3 is 10.0 Å². The van der Waals surface area contributed by atoms with Gasteiger partial charge in [0.1, 0.15) is 0 Å². The van der Waals surface area contributed by atoms with E-state index < -0.39 is 5.97 Å². The maximum Gasteiger partial charge on any atom is 0.313 e. The molecule has 1 aliphatic heterocycles. The summed E-state index contributed by atoms with van der Waals surface area (Å²) in [4.78, 5) is 23.1. The van der Waals surface area contributed by atoms with E-state index in [1.54, 1.807) is 4.90 Å². The summed E-state index contributed by atoms with van der Waals surface area (Å²) < 4.78 is 0. The molecule has 0 bridgehead atoms. The molecule has 0 aliphatic carbocycles. The third kappa shape index (κ3) is 3.67. The van der Waals surface area contributed by atoms with Gasteiger partial charge in [-0.05, 0) is 6.42 Å². The molecule has 1 aliphatic rings. The first-order chi connectivity index (χ1) is 6.20. The fourth-order valence-corrected chi connectivity index (χ4v) is 1.94. The monoisotopic (exact) mass is 203 g/mol. The molecule has 0 aromatic carbocycles. The van der Waals surface area contributed by atoms with E-state index in [4.69, 9.17) is 5.11 Å². The first kappa shape index (κ1) is 10.4. The summed E-state index contributed by atoms with van der Waals surface area (Å²) in [6.45, 7) is 1.53. The van der Waals surface area contributed by atoms with E-state index in [1.807, 2.05) is 0 Å². The van der Waals surface area contributed by atoms with Crippen molar-refractivity contribution < 1.29 is 14.7 Å². The van der Waals surface area contributed by atoms with Crippen LogP contribution in [0, 0.1) is 0 Å². The molecular formula is C8H13NO3S. The number of thioether (sulfide) groups is 1. The van der Waals surface area contributed by atoms with Crippen molar-refractivity contribution in [1.29, 1.82) is 0 Å². The molecule has 0 unspecified atom stereocenters. The lowest BCUT2D eigenvalue weighted by Gasteiger charge is -2.14. The van der Waals surface area contributed by atoms with Gasteiger partial charge in [-0.15, -0.1) is 11.8 Å². The van der Waals surface area contributed by atoms with Crippen LogP contribution < -0.4 is 0 Å². The summed E-state index contributed by atoms with van der Waals surface area (Å²) in [5.41, 5.74) is 0. The topological polar surface area (TPSA) is 57.6 Å². The second kappa shape index (κ2) is 5.11. The van der Waals surface area contributed by atoms with E-state index in [0.29, 0.717) is 13.0 Å². The van der Waals surface area contributed by atoms with Crippen molar-refractivity contribution in [3.8, 4) is 0 Å². The number of carboxylic acids is 1. The Morgan fingerprint density at radius 3 is 2.92 bits per heavy atom. The van der Waals surface area contributed by atoms with Crippen molar-refractivity contribution in [3.05, 3.63) is 0 Å². The largest absolute Gasteiger partial charge is 0.481 e. The van der Waals surface area contributed by atoms with Crippen LogP contribution in [0.15, 0.2) is 0 Å². The summed E-state index contributed by atoms with van der Waals surface area (Å²) in [6.07, 6.45) is 1.60. The van der Waals surface area contributed by atoms with Crippen molar-refractivity contribution >= 4 is 23.6 Å². The molecule has 74 valence electrons. The Bertz CT molecular complexity index is 208. The smallest absolute Gasteiger partial charge is 0.313 e. The Labute approximate surface area is 81.3 Å². The predicted octanol–water partition coefficient (Wildman–Crippen LogP) is 0.427. The number of hydrogen-bond acceptors (Lipinski definition) is 3. The Balaban J connectivity index is 2.05. The molecule has 0 saturated carbocycles. The van der Waals surface area contributed by atoms with E-state index in [-0.39, 0.29) is 11.7 Å². The summed E-state index contributed by atoms with van der Waals surface area (Å²) >= 11 is 1.36. The van der Waals surface area contributed by atoms with Crippen LogP contribution in [0.4, 0.5) is 0 Å². The number of nitrogens with zero attached hydrogens (tertiary/aromatic N) is 1. The zero-order valence-corrected chi connectivity index (χ0v) is 8.18. The predicted molar refractivity (Wildman–Crippen MR) is 50.8 cm³/mol. The number of carboxylic acid groups (broad SMARTS) is 1. The number of likely N-dealkylation sites (tertiary alicyclic amines) is 1. The van der Waals surface area contributed by atoms with Gasteiger partial charge in [-0.1, -0.05) is 0 Å². The third-order valence-electron chi connectivity index (χ3n) is 1.90. The lowest BCUT2D eigenvalue weighted by Crippen LogP contribution is -2.27. The van der Waals surface area contributed by atoms with Gasteiger partial charge in [-0.25, -0.2) is 0 Å². The molecule has 1 fully saturated rings. The number of rotatable bonds is 5. The van der Waals surface area contributed by atoms with Crippen LogP contribution in [0.25, 0.3) is 0 Å². The van der Waals surface area contributed by atoms with Crippen LogP contribution in [0.1, 0.15) is 12.8 Å². The maximum atomic E-state index is 11.1. The van der Waals surface area contributed by atoms with Crippen LogP contribution in [0.2, 0.25) is 0 Å². The molecule has 5 heteroatoms. The Morgan fingerprint density at radius 2 is 2.38 bits per heavy atom. The molecular weight excluding hydrogens is 190 g/mol. The molecule has 0 spiro atoms. The van der Waals surface area contributed by atoms with Gasteiger partial charge >= 0.3 is 5.97 Å². The molecule has 1 amide bonds. The minimum absolute atomic E-state index is 0.127. The summed E-state index contributed by atoms with van der Waals surface area (Å²) in [5, 5.41) is 8.36. The van der Waals surface area contributed by atoms with Gasteiger partial charge in [-0.3, -0.25) is 9.59 Å². The number of aliphatic carboxylic acids is 1. The Kier molecular flexibility index (Phi) is 4.08. The van der Waals surface area contributed by atoms with Gasteiger partial charge in [0.15, 0.2) is 0 Å². The number of amides is 1. The minimum Gasteiger partial charge on any atom is -0.481 e. The average molecular weight is 203 g/mol. The third-order valence-corrected chi connectivity index (χ3v) is 2.82. The second-order valence-electron chi connectivity index (χ2n) is 2.93. The number of hydrogen-bond donors (Lipinski definition) is 1. The van der Waals surface area contributed by atoms with Crippen molar-refractivity contribution in [1.82, 2.24) is 4.90 Å². The van der Waals surface area contributed by atoms with Crippen LogP contribution in [0.5, 0.6) is 0 Å². The Morgan fingerprint density at radius 1 is 1.62 bits per heavy atom. The molecule has 0 aromatic heterocycles. The zero-order chi connectivity index (χ0) is 9.68. The van der Waals surface area contributed by atoms with Crippen LogP contribution >= 0.6 is 11.8 Å². The van der Waals surface area contributed by atoms with E-state index in [1.165, 1.54) is 11.8 Å². The molecule has 4 nitrogen and oxygen atoms in total. The highest BCUT2D eigenvalue weighted by Crippen LogP contribution is 2.10. The molecule has 1 saturated heterocycles. The fraction of sp³-hybridized carbons (Fsp3) is 0.750. The second-order valence-corrected chi connectivity index (χ2v) is 4.04. The molecule has 0 atom stereocenters. The van der Waals surface area contributed by atoms with Crippen LogP contribution in [0.3, 0.4) is 0 Å². The Hall–Kier alpha value is -0.710. The van der Waals surface area contributed by atoms with Crippen molar-refractivity contribution in [3.63, 3.8) is 0 Å². The fourth-order valence-electron chi connectivity index (χ4n) is 1.27. The molecule has 1 N–H and O–H groups in total. The zero-order valence-electron chi connectivity index (χ0n) is 7.36. The van der Waals surface area contributed by atoms with E-state index in [2.05, 4.69) is 0 Å². The standard InChI is InChI=1S/C8H13NO3S/c10-7-2-1-3-9(7)4-5-13-6-8(11)12/h1-6H2,(H,11,12). The lowest BCUT2D eigenvalue weighted by atomic mass is 10.4. The van der Waals surface area contributed by atoms with Gasteiger partial charge in [0, 0.05) is 25.3 Å². The lowest BCUT2D eigenvalue weighted by molar-refractivity contribution is -0.134. The van der Waals surface area contributed by atoms with Gasteiger partial charge in [-0.2, -0.15) is 0 Å². The molecule has 0 radical (unpaired) electrons. The molecule has 0 aromatic rings. The highest BCUT2D eigenvalue weighted by molar-refractivity contribution is 7.99. The summed E-state index contributed by atoms with van der Waals surface area (Å²) in [5.74, 6) is 0.258. The average Bonchev–Trinajstić information content (AvgIpc) is 2.45. The first-order valence-electron chi connectivity index (χ1n) is 4.27. The van der Waals surface area contributed by atoms with Gasteiger partial charge in [0.05, 0.1) is 5.75 Å². The molecule has 1 heterocycles. The normalized spacial score (nSPS) is 16.6. The molecule has 13 heavy (non-hydrogen) atoms. The van der Waals surface area contributed by atoms with Gasteiger partial charge in [0.25, 0.3) is 0 Å². The van der Waals surface area contributed by atoms with Crippen LogP contribution in [-0.4, -0.2) is 46.5 Å². The first-order valence-corrected chi connectivity index (χ1v) is 5.43. The highest BCUT2D eigenvalue weighted by atomic mass is 32.2. The minimum atomic E-state index is -0.794. The summed E-state index contributed by atoms with van der Waals surface area (Å²) in [6, 6.07) is 0. The highest BCUT2D eigenvalue weighted by Gasteiger charge is 2.18. The molecule has 1 rings (SSSR count). The maximum absolute atomic E-state index is 11.1.